The van der Waals surface area contributed by atoms with Gasteiger partial charge in [-0.25, -0.2) is 8.78 Å². The molecule has 0 aliphatic heterocycles. The van der Waals surface area contributed by atoms with Gasteiger partial charge in [0.2, 0.25) is 0 Å². The van der Waals surface area contributed by atoms with E-state index in [2.05, 4.69) is 19.2 Å². The van der Waals surface area contributed by atoms with Gasteiger partial charge in [-0.05, 0) is 55.7 Å². The minimum Gasteiger partial charge on any atom is -0.389 e. The molecule has 2 N–H and O–H groups in total. The highest BCUT2D eigenvalue weighted by atomic mass is 19.2. The van der Waals surface area contributed by atoms with Crippen molar-refractivity contribution in [1.29, 1.82) is 0 Å². The second-order valence-electron chi connectivity index (χ2n) is 7.16. The highest BCUT2D eigenvalue weighted by Crippen LogP contribution is 2.40. The Morgan fingerprint density at radius 2 is 1.76 bits per heavy atom. The Kier molecular flexibility index (Phi) is 4.69. The molecule has 1 fully saturated rings. The molecule has 1 aliphatic rings. The molecule has 1 aliphatic carbocycles. The van der Waals surface area contributed by atoms with Crippen LogP contribution in [0.1, 0.15) is 58.1 Å². The van der Waals surface area contributed by atoms with Crippen LogP contribution < -0.4 is 5.32 Å². The normalized spacial score (nSPS) is 22.0. The summed E-state index contributed by atoms with van der Waals surface area (Å²) in [6.45, 7) is 6.82. The number of aliphatic hydroxyl groups is 1. The molecule has 0 heterocycles. The molecule has 118 valence electrons. The number of hydrogen-bond acceptors (Lipinski definition) is 2. The topological polar surface area (TPSA) is 32.3 Å². The van der Waals surface area contributed by atoms with Crippen LogP contribution >= 0.6 is 0 Å². The number of rotatable bonds is 4. The third-order valence-electron chi connectivity index (χ3n) is 4.72. The Morgan fingerprint density at radius 3 is 2.33 bits per heavy atom. The van der Waals surface area contributed by atoms with E-state index >= 15 is 0 Å². The first-order valence-corrected chi connectivity index (χ1v) is 7.62. The Morgan fingerprint density at radius 1 is 1.14 bits per heavy atom. The maximum atomic E-state index is 13.2. The molecule has 0 radical (unpaired) electrons. The van der Waals surface area contributed by atoms with Gasteiger partial charge in [0, 0.05) is 12.6 Å². The summed E-state index contributed by atoms with van der Waals surface area (Å²) in [6.07, 6.45) is 3.56. The highest BCUT2D eigenvalue weighted by molar-refractivity contribution is 5.20. The lowest BCUT2D eigenvalue weighted by Crippen LogP contribution is -2.45. The average Bonchev–Trinajstić information content (AvgIpc) is 2.43. The van der Waals surface area contributed by atoms with Crippen molar-refractivity contribution in [3.8, 4) is 0 Å². The lowest BCUT2D eigenvalue weighted by Gasteiger charge is -2.40. The monoisotopic (exact) mass is 297 g/mol. The Bertz CT molecular complexity index is 492. The number of benzene rings is 1. The first-order valence-electron chi connectivity index (χ1n) is 7.62. The fourth-order valence-corrected chi connectivity index (χ4v) is 2.81. The van der Waals surface area contributed by atoms with E-state index in [0.717, 1.165) is 31.7 Å². The molecule has 0 spiro atoms. The molecule has 0 bridgehead atoms. The van der Waals surface area contributed by atoms with Gasteiger partial charge < -0.3 is 10.4 Å². The van der Waals surface area contributed by atoms with Crippen molar-refractivity contribution in [3.63, 3.8) is 0 Å². The van der Waals surface area contributed by atoms with Crippen LogP contribution in [0.3, 0.4) is 0 Å². The summed E-state index contributed by atoms with van der Waals surface area (Å²) in [5.41, 5.74) is 0.300. The van der Waals surface area contributed by atoms with Crippen LogP contribution in [0.2, 0.25) is 0 Å². The smallest absolute Gasteiger partial charge is 0.159 e. The summed E-state index contributed by atoms with van der Waals surface area (Å²) in [5, 5.41) is 13.8. The fourth-order valence-electron chi connectivity index (χ4n) is 2.81. The van der Waals surface area contributed by atoms with Crippen molar-refractivity contribution < 1.29 is 13.9 Å². The second kappa shape index (κ2) is 6.01. The van der Waals surface area contributed by atoms with Gasteiger partial charge in [0.1, 0.15) is 0 Å². The van der Waals surface area contributed by atoms with E-state index in [1.54, 1.807) is 6.07 Å². The first-order chi connectivity index (χ1) is 9.71. The molecule has 0 aromatic heterocycles. The van der Waals surface area contributed by atoms with Crippen LogP contribution in [-0.4, -0.2) is 17.3 Å². The maximum absolute atomic E-state index is 13.2. The molecular formula is C17H25F2NO. The minimum atomic E-state index is -0.834. The summed E-state index contributed by atoms with van der Waals surface area (Å²) in [6, 6.07) is 3.80. The third kappa shape index (κ3) is 4.24. The fraction of sp³-hybridized carbons (Fsp3) is 0.647. The average molecular weight is 297 g/mol. The van der Waals surface area contributed by atoms with Crippen LogP contribution in [0.15, 0.2) is 18.2 Å². The standard InChI is InChI=1S/C17H25F2NO/c1-12(13-4-5-14(18)15(19)10-13)20-11-17(21)8-6-16(2,3)7-9-17/h4-5,10,12,20-21H,6-9,11H2,1-3H3. The van der Waals surface area contributed by atoms with E-state index in [0.29, 0.717) is 17.5 Å². The van der Waals surface area contributed by atoms with Crippen molar-refractivity contribution in [3.05, 3.63) is 35.4 Å². The zero-order valence-electron chi connectivity index (χ0n) is 13.0. The number of nitrogens with one attached hydrogen (secondary N) is 1. The lowest BCUT2D eigenvalue weighted by atomic mass is 9.71. The highest BCUT2D eigenvalue weighted by Gasteiger charge is 2.36. The van der Waals surface area contributed by atoms with Crippen molar-refractivity contribution in [2.45, 2.75) is 58.1 Å². The van der Waals surface area contributed by atoms with Crippen LogP contribution in [0.25, 0.3) is 0 Å². The molecule has 1 unspecified atom stereocenters. The van der Waals surface area contributed by atoms with Crippen molar-refractivity contribution >= 4 is 0 Å². The quantitative estimate of drug-likeness (QED) is 0.882. The molecule has 4 heteroatoms. The van der Waals surface area contributed by atoms with E-state index < -0.39 is 17.2 Å². The van der Waals surface area contributed by atoms with Crippen LogP contribution in [0.5, 0.6) is 0 Å². The van der Waals surface area contributed by atoms with Crippen LogP contribution in [-0.2, 0) is 0 Å². The lowest BCUT2D eigenvalue weighted by molar-refractivity contribution is -0.0258. The van der Waals surface area contributed by atoms with Gasteiger partial charge in [-0.15, -0.1) is 0 Å². The van der Waals surface area contributed by atoms with Crippen LogP contribution in [0.4, 0.5) is 8.78 Å². The summed E-state index contributed by atoms with van der Waals surface area (Å²) in [5.74, 6) is -1.67. The zero-order chi connectivity index (χ0) is 15.7. The SMILES string of the molecule is CC(NCC1(O)CCC(C)(C)CC1)c1ccc(F)c(F)c1. The second-order valence-corrected chi connectivity index (χ2v) is 7.16. The predicted octanol–water partition coefficient (Wildman–Crippen LogP) is 3.95. The third-order valence-corrected chi connectivity index (χ3v) is 4.72. The summed E-state index contributed by atoms with van der Waals surface area (Å²) in [7, 11) is 0. The Hall–Kier alpha value is -1.00. The van der Waals surface area contributed by atoms with E-state index in [1.807, 2.05) is 6.92 Å². The largest absolute Gasteiger partial charge is 0.389 e. The van der Waals surface area contributed by atoms with Gasteiger partial charge in [-0.3, -0.25) is 0 Å². The van der Waals surface area contributed by atoms with Crippen molar-refractivity contribution in [1.82, 2.24) is 5.32 Å². The summed E-state index contributed by atoms with van der Waals surface area (Å²) >= 11 is 0. The van der Waals surface area contributed by atoms with Crippen molar-refractivity contribution in [2.24, 2.45) is 5.41 Å². The van der Waals surface area contributed by atoms with Crippen LogP contribution in [0, 0.1) is 17.0 Å². The molecule has 1 atom stereocenters. The van der Waals surface area contributed by atoms with Gasteiger partial charge in [-0.2, -0.15) is 0 Å². The number of halogens is 2. The van der Waals surface area contributed by atoms with Gasteiger partial charge in [-0.1, -0.05) is 19.9 Å². The first kappa shape index (κ1) is 16.4. The Balaban J connectivity index is 1.91. The molecule has 0 amide bonds. The molecule has 2 nitrogen and oxygen atoms in total. The molecule has 1 aromatic carbocycles. The van der Waals surface area contributed by atoms with Gasteiger partial charge in [0.25, 0.3) is 0 Å². The zero-order valence-corrected chi connectivity index (χ0v) is 13.0. The van der Waals surface area contributed by atoms with Gasteiger partial charge in [0.15, 0.2) is 11.6 Å². The summed E-state index contributed by atoms with van der Waals surface area (Å²) < 4.78 is 26.2. The minimum absolute atomic E-state index is 0.126. The maximum Gasteiger partial charge on any atom is 0.159 e. The molecule has 1 aromatic rings. The van der Waals surface area contributed by atoms with E-state index in [4.69, 9.17) is 0 Å². The van der Waals surface area contributed by atoms with E-state index in [-0.39, 0.29) is 6.04 Å². The van der Waals surface area contributed by atoms with E-state index in [1.165, 1.54) is 6.07 Å². The predicted molar refractivity (Wildman–Crippen MR) is 80.0 cm³/mol. The summed E-state index contributed by atoms with van der Waals surface area (Å²) in [4.78, 5) is 0. The van der Waals surface area contributed by atoms with Gasteiger partial charge in [0.05, 0.1) is 5.60 Å². The van der Waals surface area contributed by atoms with Crippen molar-refractivity contribution in [2.75, 3.05) is 6.54 Å². The molecule has 1 saturated carbocycles. The molecule has 0 saturated heterocycles. The van der Waals surface area contributed by atoms with Gasteiger partial charge >= 0.3 is 0 Å². The molecular weight excluding hydrogens is 272 g/mol. The molecule has 21 heavy (non-hydrogen) atoms. The Labute approximate surface area is 125 Å². The molecule has 2 rings (SSSR count). The number of hydrogen-bond donors (Lipinski definition) is 2. The van der Waals surface area contributed by atoms with E-state index in [9.17, 15) is 13.9 Å².